The Kier molecular flexibility index (Phi) is 1.89. The summed E-state index contributed by atoms with van der Waals surface area (Å²) in [6.07, 6.45) is 2.47. The van der Waals surface area contributed by atoms with Crippen LogP contribution in [0.4, 0.5) is 0 Å². The minimum atomic E-state index is -0.130. The summed E-state index contributed by atoms with van der Waals surface area (Å²) < 4.78 is 1.58. The molecule has 0 aromatic carbocycles. The Bertz CT molecular complexity index is 249. The van der Waals surface area contributed by atoms with Crippen LogP contribution < -0.4 is 5.69 Å². The van der Waals surface area contributed by atoms with Crippen molar-refractivity contribution in [2.24, 2.45) is 0 Å². The molecule has 0 aliphatic rings. The third-order valence-corrected chi connectivity index (χ3v) is 1.64. The molecule has 0 saturated heterocycles. The number of hydrogen-bond donors (Lipinski definition) is 1. The van der Waals surface area contributed by atoms with E-state index in [1.807, 2.05) is 13.8 Å². The minimum Gasteiger partial charge on any atom is -0.279 e. The maximum absolute atomic E-state index is 10.9. The average molecular weight is 141 g/mol. The van der Waals surface area contributed by atoms with Crippen LogP contribution in [0.3, 0.4) is 0 Å². The van der Waals surface area contributed by atoms with Gasteiger partial charge in [-0.05, 0) is 13.3 Å². The van der Waals surface area contributed by atoms with Crippen LogP contribution in [0.15, 0.2) is 11.1 Å². The first-order valence-corrected chi connectivity index (χ1v) is 3.37. The van der Waals surface area contributed by atoms with Gasteiger partial charge in [0, 0.05) is 6.04 Å². The summed E-state index contributed by atoms with van der Waals surface area (Å²) in [5.74, 6) is 0. The molecule has 4 nitrogen and oxygen atoms in total. The molecule has 0 bridgehead atoms. The number of nitrogens with one attached hydrogen (secondary N) is 1. The molecule has 0 spiro atoms. The molecule has 1 atom stereocenters. The number of aromatic amines is 1. The maximum Gasteiger partial charge on any atom is 0.343 e. The highest BCUT2D eigenvalue weighted by molar-refractivity contribution is 4.68. The number of hydrogen-bond acceptors (Lipinski definition) is 2. The summed E-state index contributed by atoms with van der Waals surface area (Å²) in [6.45, 7) is 4.01. The Morgan fingerprint density at radius 2 is 2.60 bits per heavy atom. The Hall–Kier alpha value is -1.06. The Morgan fingerprint density at radius 1 is 1.90 bits per heavy atom. The monoisotopic (exact) mass is 141 g/mol. The normalized spacial score (nSPS) is 13.4. The molecule has 0 radical (unpaired) electrons. The smallest absolute Gasteiger partial charge is 0.279 e. The highest BCUT2D eigenvalue weighted by Crippen LogP contribution is 2.03. The molecule has 1 rings (SSSR count). The molecule has 0 aliphatic heterocycles. The first-order valence-electron chi connectivity index (χ1n) is 3.37. The van der Waals surface area contributed by atoms with Gasteiger partial charge in [-0.25, -0.2) is 9.89 Å². The summed E-state index contributed by atoms with van der Waals surface area (Å²) in [6, 6.07) is 0.242. The summed E-state index contributed by atoms with van der Waals surface area (Å²) in [5.41, 5.74) is -0.130. The Labute approximate surface area is 58.9 Å². The maximum atomic E-state index is 10.9. The fourth-order valence-corrected chi connectivity index (χ4v) is 0.767. The van der Waals surface area contributed by atoms with Crippen molar-refractivity contribution in [3.8, 4) is 0 Å². The minimum absolute atomic E-state index is 0.130. The van der Waals surface area contributed by atoms with Crippen LogP contribution in [-0.2, 0) is 0 Å². The molecule has 1 unspecified atom stereocenters. The largest absolute Gasteiger partial charge is 0.343 e. The van der Waals surface area contributed by atoms with Gasteiger partial charge in [0.1, 0.15) is 6.33 Å². The van der Waals surface area contributed by atoms with Gasteiger partial charge in [-0.2, -0.15) is 5.10 Å². The standard InChI is InChI=1S/C6H11N3O/c1-3-5(2)9-4-7-8-6(9)10/h4-5H,3H2,1-2H3,(H,8,10). The van der Waals surface area contributed by atoms with E-state index >= 15 is 0 Å². The van der Waals surface area contributed by atoms with Gasteiger partial charge in [-0.3, -0.25) is 4.57 Å². The van der Waals surface area contributed by atoms with E-state index in [2.05, 4.69) is 10.2 Å². The lowest BCUT2D eigenvalue weighted by Crippen LogP contribution is -2.19. The van der Waals surface area contributed by atoms with Crippen molar-refractivity contribution in [1.29, 1.82) is 0 Å². The van der Waals surface area contributed by atoms with Crippen molar-refractivity contribution in [2.75, 3.05) is 0 Å². The lowest BCUT2D eigenvalue weighted by atomic mass is 10.3. The topological polar surface area (TPSA) is 50.7 Å². The summed E-state index contributed by atoms with van der Waals surface area (Å²) in [4.78, 5) is 10.9. The van der Waals surface area contributed by atoms with Gasteiger partial charge in [-0.1, -0.05) is 6.92 Å². The molecule has 10 heavy (non-hydrogen) atoms. The number of rotatable bonds is 2. The molecule has 1 N–H and O–H groups in total. The summed E-state index contributed by atoms with van der Waals surface area (Å²) in [5, 5.41) is 5.96. The molecule has 0 fully saturated rings. The van der Waals surface area contributed by atoms with Crippen molar-refractivity contribution in [2.45, 2.75) is 26.3 Å². The molecule has 1 aromatic heterocycles. The Balaban J connectivity index is 2.93. The van der Waals surface area contributed by atoms with Gasteiger partial charge in [0.05, 0.1) is 0 Å². The van der Waals surface area contributed by atoms with E-state index in [9.17, 15) is 4.79 Å². The van der Waals surface area contributed by atoms with Gasteiger partial charge in [-0.15, -0.1) is 0 Å². The van der Waals surface area contributed by atoms with Crippen LogP contribution >= 0.6 is 0 Å². The molecule has 0 amide bonds. The van der Waals surface area contributed by atoms with Crippen molar-refractivity contribution in [3.05, 3.63) is 16.8 Å². The molecule has 56 valence electrons. The second-order valence-electron chi connectivity index (χ2n) is 2.33. The van der Waals surface area contributed by atoms with Crippen LogP contribution in [0.1, 0.15) is 26.3 Å². The Morgan fingerprint density at radius 3 is 3.00 bits per heavy atom. The van der Waals surface area contributed by atoms with Crippen LogP contribution in [0, 0.1) is 0 Å². The zero-order valence-electron chi connectivity index (χ0n) is 6.16. The predicted octanol–water partition coefficient (Wildman–Crippen LogP) is 0.542. The number of aromatic nitrogens is 3. The SMILES string of the molecule is CCC(C)n1cn[nH]c1=O. The van der Waals surface area contributed by atoms with Crippen LogP contribution in [0.25, 0.3) is 0 Å². The van der Waals surface area contributed by atoms with Gasteiger partial charge in [0.15, 0.2) is 0 Å². The molecule has 1 aromatic rings. The van der Waals surface area contributed by atoms with E-state index in [1.165, 1.54) is 6.33 Å². The number of H-pyrrole nitrogens is 1. The third kappa shape index (κ3) is 1.10. The molecule has 4 heteroatoms. The van der Waals surface area contributed by atoms with Crippen LogP contribution in [0.5, 0.6) is 0 Å². The zero-order valence-corrected chi connectivity index (χ0v) is 6.16. The van der Waals surface area contributed by atoms with E-state index in [-0.39, 0.29) is 11.7 Å². The van der Waals surface area contributed by atoms with Crippen molar-refractivity contribution in [1.82, 2.24) is 14.8 Å². The van der Waals surface area contributed by atoms with E-state index in [0.29, 0.717) is 0 Å². The summed E-state index contributed by atoms with van der Waals surface area (Å²) in [7, 11) is 0. The highest BCUT2D eigenvalue weighted by atomic mass is 16.1. The average Bonchev–Trinajstić information content (AvgIpc) is 2.34. The van der Waals surface area contributed by atoms with Gasteiger partial charge in [0.2, 0.25) is 0 Å². The van der Waals surface area contributed by atoms with Gasteiger partial charge >= 0.3 is 5.69 Å². The van der Waals surface area contributed by atoms with Crippen LogP contribution in [0.2, 0.25) is 0 Å². The van der Waals surface area contributed by atoms with Crippen molar-refractivity contribution < 1.29 is 0 Å². The van der Waals surface area contributed by atoms with Crippen molar-refractivity contribution in [3.63, 3.8) is 0 Å². The van der Waals surface area contributed by atoms with E-state index in [4.69, 9.17) is 0 Å². The highest BCUT2D eigenvalue weighted by Gasteiger charge is 2.02. The predicted molar refractivity (Wildman–Crippen MR) is 37.8 cm³/mol. The first-order chi connectivity index (χ1) is 4.75. The molecule has 1 heterocycles. The lowest BCUT2D eigenvalue weighted by molar-refractivity contribution is 0.515. The van der Waals surface area contributed by atoms with Crippen molar-refractivity contribution >= 4 is 0 Å². The van der Waals surface area contributed by atoms with E-state index in [0.717, 1.165) is 6.42 Å². The number of nitrogens with zero attached hydrogens (tertiary/aromatic N) is 2. The first kappa shape index (κ1) is 7.05. The second kappa shape index (κ2) is 2.68. The van der Waals surface area contributed by atoms with E-state index in [1.54, 1.807) is 4.57 Å². The molecular weight excluding hydrogens is 130 g/mol. The summed E-state index contributed by atoms with van der Waals surface area (Å²) >= 11 is 0. The molecule has 0 saturated carbocycles. The van der Waals surface area contributed by atoms with Gasteiger partial charge in [0.25, 0.3) is 0 Å². The quantitative estimate of drug-likeness (QED) is 0.653. The van der Waals surface area contributed by atoms with Gasteiger partial charge < -0.3 is 0 Å². The fraction of sp³-hybridized carbons (Fsp3) is 0.667. The zero-order chi connectivity index (χ0) is 7.56. The molecule has 0 aliphatic carbocycles. The lowest BCUT2D eigenvalue weighted by Gasteiger charge is -2.05. The third-order valence-electron chi connectivity index (χ3n) is 1.64. The van der Waals surface area contributed by atoms with E-state index < -0.39 is 0 Å². The fourth-order valence-electron chi connectivity index (χ4n) is 0.767. The molecular formula is C6H11N3O. The second-order valence-corrected chi connectivity index (χ2v) is 2.33. The van der Waals surface area contributed by atoms with Crippen LogP contribution in [-0.4, -0.2) is 14.8 Å².